The molecule has 1 aliphatic heterocycles. The second-order valence-corrected chi connectivity index (χ2v) is 12.6. The minimum atomic E-state index is -0.225. The SMILES string of the molecule is CC(=O)N[C@H]1CC[C@@H](N(C)c2cc(-c3cnn(CCN4CCOCC4)c3)cc(C(=O)NCc3c(C)cc(C)[nH]c3=O)c2C)CC1. The molecule has 0 radical (unpaired) electrons. The van der Waals surface area contributed by atoms with Crippen LogP contribution in [-0.2, 0) is 22.6 Å². The van der Waals surface area contributed by atoms with Crippen molar-refractivity contribution in [2.24, 2.45) is 0 Å². The number of amides is 2. The van der Waals surface area contributed by atoms with Gasteiger partial charge in [-0.3, -0.25) is 24.0 Å². The molecule has 11 heteroatoms. The number of H-pyrrole nitrogens is 1. The third-order valence-corrected chi connectivity index (χ3v) is 9.29. The lowest BCUT2D eigenvalue weighted by molar-refractivity contribution is -0.119. The van der Waals surface area contributed by atoms with Crippen molar-refractivity contribution in [3.05, 3.63) is 68.9 Å². The number of rotatable bonds is 10. The molecule has 242 valence electrons. The van der Waals surface area contributed by atoms with E-state index in [4.69, 9.17) is 4.74 Å². The predicted molar refractivity (Wildman–Crippen MR) is 176 cm³/mol. The predicted octanol–water partition coefficient (Wildman–Crippen LogP) is 3.31. The largest absolute Gasteiger partial charge is 0.379 e. The Balaban J connectivity index is 1.40. The van der Waals surface area contributed by atoms with Gasteiger partial charge in [0.1, 0.15) is 0 Å². The van der Waals surface area contributed by atoms with Crippen LogP contribution in [0.15, 0.2) is 35.4 Å². The van der Waals surface area contributed by atoms with E-state index >= 15 is 0 Å². The van der Waals surface area contributed by atoms with Gasteiger partial charge in [-0.05, 0) is 81.3 Å². The van der Waals surface area contributed by atoms with Gasteiger partial charge in [0.05, 0.1) is 26.0 Å². The van der Waals surface area contributed by atoms with E-state index in [1.165, 1.54) is 0 Å². The van der Waals surface area contributed by atoms with Crippen LogP contribution >= 0.6 is 0 Å². The molecule has 45 heavy (non-hydrogen) atoms. The first kappa shape index (κ1) is 32.4. The van der Waals surface area contributed by atoms with Crippen LogP contribution in [0, 0.1) is 20.8 Å². The molecule has 0 atom stereocenters. The van der Waals surface area contributed by atoms with Crippen LogP contribution in [0.1, 0.15) is 65.3 Å². The lowest BCUT2D eigenvalue weighted by Crippen LogP contribution is -2.42. The van der Waals surface area contributed by atoms with Crippen molar-refractivity contribution in [2.75, 3.05) is 44.8 Å². The monoisotopic (exact) mass is 617 g/mol. The van der Waals surface area contributed by atoms with E-state index in [9.17, 15) is 14.4 Å². The van der Waals surface area contributed by atoms with Crippen LogP contribution in [0.25, 0.3) is 11.1 Å². The number of pyridine rings is 1. The number of hydrogen-bond donors (Lipinski definition) is 3. The Bertz CT molecular complexity index is 1560. The van der Waals surface area contributed by atoms with E-state index < -0.39 is 0 Å². The van der Waals surface area contributed by atoms with Crippen LogP contribution < -0.4 is 21.1 Å². The Hall–Kier alpha value is -3.96. The highest BCUT2D eigenvalue weighted by Gasteiger charge is 2.27. The smallest absolute Gasteiger partial charge is 0.253 e. The van der Waals surface area contributed by atoms with E-state index in [2.05, 4.69) is 43.6 Å². The maximum Gasteiger partial charge on any atom is 0.253 e. The molecule has 1 saturated heterocycles. The molecule has 0 spiro atoms. The number of morpholine rings is 1. The van der Waals surface area contributed by atoms with Gasteiger partial charge in [0.15, 0.2) is 0 Å². The number of carbonyl (C=O) groups is 2. The van der Waals surface area contributed by atoms with Gasteiger partial charge >= 0.3 is 0 Å². The highest BCUT2D eigenvalue weighted by atomic mass is 16.5. The number of aromatic amines is 1. The normalized spacial score (nSPS) is 18.9. The number of anilines is 1. The van der Waals surface area contributed by atoms with Crippen molar-refractivity contribution in [3.8, 4) is 11.1 Å². The highest BCUT2D eigenvalue weighted by Crippen LogP contribution is 2.34. The lowest BCUT2D eigenvalue weighted by atomic mass is 9.89. The molecule has 1 aliphatic carbocycles. The summed E-state index contributed by atoms with van der Waals surface area (Å²) in [5.74, 6) is -0.211. The summed E-state index contributed by atoms with van der Waals surface area (Å²) in [5, 5.41) is 10.7. The molecule has 3 heterocycles. The zero-order valence-corrected chi connectivity index (χ0v) is 27.2. The number of aromatic nitrogens is 3. The van der Waals surface area contributed by atoms with E-state index in [-0.39, 0.29) is 36.0 Å². The van der Waals surface area contributed by atoms with Gasteiger partial charge in [0.2, 0.25) is 5.91 Å². The van der Waals surface area contributed by atoms with Gasteiger partial charge in [-0.1, -0.05) is 0 Å². The number of nitrogens with zero attached hydrogens (tertiary/aromatic N) is 4. The molecule has 3 N–H and O–H groups in total. The second-order valence-electron chi connectivity index (χ2n) is 12.6. The summed E-state index contributed by atoms with van der Waals surface area (Å²) in [4.78, 5) is 45.5. The fourth-order valence-electron chi connectivity index (χ4n) is 6.63. The van der Waals surface area contributed by atoms with Gasteiger partial charge in [-0.15, -0.1) is 0 Å². The zero-order chi connectivity index (χ0) is 32.1. The Kier molecular flexibility index (Phi) is 10.4. The summed E-state index contributed by atoms with van der Waals surface area (Å²) in [6.07, 6.45) is 7.64. The number of hydrogen-bond acceptors (Lipinski definition) is 7. The van der Waals surface area contributed by atoms with Crippen LogP contribution in [0.4, 0.5) is 5.69 Å². The van der Waals surface area contributed by atoms with E-state index in [1.807, 2.05) is 50.0 Å². The molecule has 2 aromatic heterocycles. The molecule has 0 bridgehead atoms. The van der Waals surface area contributed by atoms with E-state index in [1.54, 1.807) is 6.92 Å². The van der Waals surface area contributed by atoms with Gasteiger partial charge in [-0.2, -0.15) is 5.10 Å². The molecule has 2 fully saturated rings. The first-order valence-electron chi connectivity index (χ1n) is 16.0. The average molecular weight is 618 g/mol. The number of carbonyl (C=O) groups excluding carboxylic acids is 2. The van der Waals surface area contributed by atoms with Gasteiger partial charge in [0, 0.05) is 86.5 Å². The first-order chi connectivity index (χ1) is 21.6. The maximum atomic E-state index is 13.8. The molecule has 1 saturated carbocycles. The van der Waals surface area contributed by atoms with Gasteiger partial charge in [-0.25, -0.2) is 0 Å². The Morgan fingerprint density at radius 3 is 2.47 bits per heavy atom. The van der Waals surface area contributed by atoms with Crippen molar-refractivity contribution >= 4 is 17.5 Å². The minimum absolute atomic E-state index is 0.0133. The molecular weight excluding hydrogens is 570 g/mol. The number of aryl methyl sites for hydroxylation is 2. The minimum Gasteiger partial charge on any atom is -0.379 e. The summed E-state index contributed by atoms with van der Waals surface area (Å²) in [5.41, 5.74) is 6.33. The zero-order valence-electron chi connectivity index (χ0n) is 27.2. The summed E-state index contributed by atoms with van der Waals surface area (Å²) in [7, 11) is 2.10. The maximum absolute atomic E-state index is 13.8. The molecule has 11 nitrogen and oxygen atoms in total. The third-order valence-electron chi connectivity index (χ3n) is 9.29. The summed E-state index contributed by atoms with van der Waals surface area (Å²) in [6.45, 7) is 12.5. The number of ether oxygens (including phenoxy) is 1. The van der Waals surface area contributed by atoms with Gasteiger partial charge < -0.3 is 25.3 Å². The van der Waals surface area contributed by atoms with Crippen LogP contribution in [0.5, 0.6) is 0 Å². The van der Waals surface area contributed by atoms with E-state index in [0.29, 0.717) is 11.1 Å². The molecule has 2 amide bonds. The quantitative estimate of drug-likeness (QED) is 0.319. The van der Waals surface area contributed by atoms with Crippen molar-refractivity contribution in [1.29, 1.82) is 0 Å². The lowest BCUT2D eigenvalue weighted by Gasteiger charge is -2.37. The molecule has 1 aromatic carbocycles. The Morgan fingerprint density at radius 1 is 1.04 bits per heavy atom. The van der Waals surface area contributed by atoms with Crippen molar-refractivity contribution in [2.45, 2.75) is 78.6 Å². The standard InChI is InChI=1S/C34H47N7O4/c1-22-16-23(2)37-34(44)31(22)20-35-33(43)30-17-26(27-19-36-41(21-27)11-10-40-12-14-45-15-13-40)18-32(24(30)3)39(5)29-8-6-28(7-9-29)38-25(4)42/h16-19,21,28-29H,6-15,20H2,1-5H3,(H,35,43)(H,37,44)(H,38,42)/t28-,29+. The highest BCUT2D eigenvalue weighted by molar-refractivity contribution is 5.98. The Morgan fingerprint density at radius 2 is 1.78 bits per heavy atom. The second kappa shape index (κ2) is 14.4. The summed E-state index contributed by atoms with van der Waals surface area (Å²) < 4.78 is 7.43. The molecule has 2 aliphatic rings. The third kappa shape index (κ3) is 8.01. The summed E-state index contributed by atoms with van der Waals surface area (Å²) in [6, 6.07) is 6.50. The molecule has 5 rings (SSSR count). The molecule has 0 unspecified atom stereocenters. The van der Waals surface area contributed by atoms with Crippen molar-refractivity contribution in [1.82, 2.24) is 30.3 Å². The topological polar surface area (TPSA) is 125 Å². The van der Waals surface area contributed by atoms with Gasteiger partial charge in [0.25, 0.3) is 11.5 Å². The van der Waals surface area contributed by atoms with Crippen LogP contribution in [0.3, 0.4) is 0 Å². The summed E-state index contributed by atoms with van der Waals surface area (Å²) >= 11 is 0. The molecular formula is C34H47N7O4. The Labute approximate surface area is 265 Å². The number of nitrogens with one attached hydrogen (secondary N) is 3. The van der Waals surface area contributed by atoms with E-state index in [0.717, 1.165) is 98.7 Å². The average Bonchev–Trinajstić information content (AvgIpc) is 3.49. The van der Waals surface area contributed by atoms with Crippen molar-refractivity contribution in [3.63, 3.8) is 0 Å². The molecule has 3 aromatic rings. The fraction of sp³-hybridized carbons (Fsp3) is 0.529. The van der Waals surface area contributed by atoms with Crippen LogP contribution in [-0.4, -0.2) is 83.5 Å². The first-order valence-corrected chi connectivity index (χ1v) is 16.0. The number of benzene rings is 1. The van der Waals surface area contributed by atoms with Crippen LogP contribution in [0.2, 0.25) is 0 Å². The van der Waals surface area contributed by atoms with Crippen molar-refractivity contribution < 1.29 is 14.3 Å². The fourth-order valence-corrected chi connectivity index (χ4v) is 6.63.